The fraction of sp³-hybridized carbons (Fsp3) is 0.273. The Balaban J connectivity index is 0.00000256. The maximum absolute atomic E-state index is 11.2. The minimum absolute atomic E-state index is 0. The fourth-order valence-corrected chi connectivity index (χ4v) is 1.18. The van der Waals surface area contributed by atoms with Crippen molar-refractivity contribution >= 4 is 24.2 Å². The molecule has 1 atom stereocenters. The van der Waals surface area contributed by atoms with Crippen molar-refractivity contribution in [3.8, 4) is 0 Å². The van der Waals surface area contributed by atoms with Crippen LogP contribution in [0.1, 0.15) is 22.8 Å². The van der Waals surface area contributed by atoms with Crippen LogP contribution < -0.4 is 16.8 Å². The molecule has 0 unspecified atom stereocenters. The second kappa shape index (κ2) is 6.88. The summed E-state index contributed by atoms with van der Waals surface area (Å²) in [5.41, 5.74) is 11.8. The molecule has 0 radical (unpaired) electrons. The molecule has 0 heterocycles. The van der Waals surface area contributed by atoms with Crippen molar-refractivity contribution < 1.29 is 9.59 Å². The topological polar surface area (TPSA) is 98.2 Å². The molecular formula is C11H16ClN3O2. The molecular weight excluding hydrogens is 242 g/mol. The van der Waals surface area contributed by atoms with E-state index in [1.165, 1.54) is 0 Å². The highest BCUT2D eigenvalue weighted by Crippen LogP contribution is 2.04. The number of carbonyl (C=O) groups excluding carboxylic acids is 2. The van der Waals surface area contributed by atoms with Gasteiger partial charge in [0.15, 0.2) is 0 Å². The van der Waals surface area contributed by atoms with Crippen LogP contribution >= 0.6 is 12.4 Å². The molecule has 6 heteroatoms. The number of carbonyl (C=O) groups is 2. The van der Waals surface area contributed by atoms with E-state index in [0.717, 1.165) is 5.56 Å². The van der Waals surface area contributed by atoms with Crippen LogP contribution in [0.3, 0.4) is 0 Å². The predicted octanol–water partition coefficient (Wildman–Crippen LogP) is 0.171. The van der Waals surface area contributed by atoms with Crippen molar-refractivity contribution in [1.29, 1.82) is 0 Å². The van der Waals surface area contributed by atoms with E-state index in [9.17, 15) is 9.59 Å². The highest BCUT2D eigenvalue weighted by Gasteiger charge is 2.07. The van der Waals surface area contributed by atoms with Gasteiger partial charge in [-0.15, -0.1) is 12.4 Å². The smallest absolute Gasteiger partial charge is 0.248 e. The average molecular weight is 258 g/mol. The van der Waals surface area contributed by atoms with Crippen LogP contribution in [-0.2, 0) is 11.3 Å². The molecule has 17 heavy (non-hydrogen) atoms. The van der Waals surface area contributed by atoms with Gasteiger partial charge in [0, 0.05) is 12.1 Å². The monoisotopic (exact) mass is 257 g/mol. The van der Waals surface area contributed by atoms with Crippen molar-refractivity contribution in [2.45, 2.75) is 19.5 Å². The van der Waals surface area contributed by atoms with Crippen LogP contribution in [0.25, 0.3) is 0 Å². The Kier molecular flexibility index (Phi) is 6.23. The maximum atomic E-state index is 11.2. The molecule has 94 valence electrons. The average Bonchev–Trinajstić information content (AvgIpc) is 2.26. The zero-order valence-electron chi connectivity index (χ0n) is 9.47. The van der Waals surface area contributed by atoms with E-state index in [-0.39, 0.29) is 18.3 Å². The molecule has 0 bridgehead atoms. The van der Waals surface area contributed by atoms with Gasteiger partial charge in [0.05, 0.1) is 6.04 Å². The van der Waals surface area contributed by atoms with E-state index in [1.54, 1.807) is 31.2 Å². The predicted molar refractivity (Wildman–Crippen MR) is 67.7 cm³/mol. The summed E-state index contributed by atoms with van der Waals surface area (Å²) in [5.74, 6) is -0.718. The second-order valence-electron chi connectivity index (χ2n) is 3.57. The molecule has 5 nitrogen and oxygen atoms in total. The van der Waals surface area contributed by atoms with E-state index in [2.05, 4.69) is 5.32 Å². The van der Waals surface area contributed by atoms with Gasteiger partial charge in [0.25, 0.3) is 0 Å². The minimum Gasteiger partial charge on any atom is -0.366 e. The summed E-state index contributed by atoms with van der Waals surface area (Å²) in [5, 5.41) is 2.65. The Bertz CT molecular complexity index is 407. The van der Waals surface area contributed by atoms with E-state index in [1.807, 2.05) is 0 Å². The molecule has 0 aromatic heterocycles. The Morgan fingerprint density at radius 3 is 2.59 bits per heavy atom. The van der Waals surface area contributed by atoms with E-state index < -0.39 is 11.9 Å². The van der Waals surface area contributed by atoms with Gasteiger partial charge in [-0.25, -0.2) is 0 Å². The number of hydrogen-bond donors (Lipinski definition) is 3. The summed E-state index contributed by atoms with van der Waals surface area (Å²) in [6.45, 7) is 1.94. The molecule has 0 saturated heterocycles. The van der Waals surface area contributed by atoms with Crippen LogP contribution in [0.15, 0.2) is 24.3 Å². The SMILES string of the molecule is C[C@H](N)C(=O)NCc1cccc(C(N)=O)c1.Cl. The zero-order chi connectivity index (χ0) is 12.1. The maximum Gasteiger partial charge on any atom is 0.248 e. The molecule has 0 aliphatic carbocycles. The largest absolute Gasteiger partial charge is 0.366 e. The third-order valence-corrected chi connectivity index (χ3v) is 2.09. The summed E-state index contributed by atoms with van der Waals surface area (Å²) >= 11 is 0. The number of nitrogens with two attached hydrogens (primary N) is 2. The van der Waals surface area contributed by atoms with Gasteiger partial charge < -0.3 is 16.8 Å². The molecule has 5 N–H and O–H groups in total. The highest BCUT2D eigenvalue weighted by atomic mass is 35.5. The first-order valence-corrected chi connectivity index (χ1v) is 4.92. The minimum atomic E-state index is -0.542. The third-order valence-electron chi connectivity index (χ3n) is 2.09. The van der Waals surface area contributed by atoms with Crippen LogP contribution in [0.2, 0.25) is 0 Å². The van der Waals surface area contributed by atoms with Gasteiger partial charge in [-0.2, -0.15) is 0 Å². The van der Waals surface area contributed by atoms with Crippen molar-refractivity contribution in [2.24, 2.45) is 11.5 Å². The summed E-state index contributed by atoms with van der Waals surface area (Å²) < 4.78 is 0. The van der Waals surface area contributed by atoms with E-state index >= 15 is 0 Å². The second-order valence-corrected chi connectivity index (χ2v) is 3.57. The lowest BCUT2D eigenvalue weighted by Crippen LogP contribution is -2.37. The molecule has 0 spiro atoms. The zero-order valence-corrected chi connectivity index (χ0v) is 10.3. The Labute approximate surface area is 106 Å². The van der Waals surface area contributed by atoms with Crippen molar-refractivity contribution in [3.05, 3.63) is 35.4 Å². The van der Waals surface area contributed by atoms with Crippen LogP contribution in [0, 0.1) is 0 Å². The van der Waals surface area contributed by atoms with Gasteiger partial charge in [0.1, 0.15) is 0 Å². The summed E-state index contributed by atoms with van der Waals surface area (Å²) in [6.07, 6.45) is 0. The van der Waals surface area contributed by atoms with E-state index in [0.29, 0.717) is 12.1 Å². The van der Waals surface area contributed by atoms with Gasteiger partial charge in [-0.3, -0.25) is 9.59 Å². The first-order valence-electron chi connectivity index (χ1n) is 4.92. The number of rotatable bonds is 4. The quantitative estimate of drug-likeness (QED) is 0.717. The molecule has 0 fully saturated rings. The first-order chi connectivity index (χ1) is 7.50. The number of nitrogens with one attached hydrogen (secondary N) is 1. The van der Waals surface area contributed by atoms with Crippen molar-refractivity contribution in [3.63, 3.8) is 0 Å². The number of primary amides is 1. The molecule has 0 saturated carbocycles. The van der Waals surface area contributed by atoms with Crippen LogP contribution in [0.5, 0.6) is 0 Å². The van der Waals surface area contributed by atoms with Crippen LogP contribution in [-0.4, -0.2) is 17.9 Å². The number of hydrogen-bond acceptors (Lipinski definition) is 3. The standard InChI is InChI=1S/C11H15N3O2.ClH/c1-7(12)11(16)14-6-8-3-2-4-9(5-8)10(13)15;/h2-5,7H,6,12H2,1H3,(H2,13,15)(H,14,16);1H/t7-;/m0./s1. The number of halogens is 1. The first kappa shape index (κ1) is 15.4. The fourth-order valence-electron chi connectivity index (χ4n) is 1.18. The number of benzene rings is 1. The van der Waals surface area contributed by atoms with Gasteiger partial charge in [-0.05, 0) is 24.6 Å². The van der Waals surface area contributed by atoms with Gasteiger partial charge >= 0.3 is 0 Å². The molecule has 0 aliphatic heterocycles. The molecule has 2 amide bonds. The molecule has 1 aromatic rings. The normalized spacial score (nSPS) is 11.2. The number of amides is 2. The third kappa shape index (κ3) is 4.84. The highest BCUT2D eigenvalue weighted by molar-refractivity contribution is 5.92. The lowest BCUT2D eigenvalue weighted by molar-refractivity contribution is -0.122. The summed E-state index contributed by atoms with van der Waals surface area (Å²) in [4.78, 5) is 22.1. The van der Waals surface area contributed by atoms with Gasteiger partial charge in [0.2, 0.25) is 11.8 Å². The Morgan fingerprint density at radius 1 is 1.41 bits per heavy atom. The van der Waals surface area contributed by atoms with Gasteiger partial charge in [-0.1, -0.05) is 12.1 Å². The summed E-state index contributed by atoms with van der Waals surface area (Å²) in [6, 6.07) is 6.24. The molecule has 1 rings (SSSR count). The van der Waals surface area contributed by atoms with E-state index in [4.69, 9.17) is 11.5 Å². The van der Waals surface area contributed by atoms with Crippen molar-refractivity contribution in [1.82, 2.24) is 5.32 Å². The lowest BCUT2D eigenvalue weighted by atomic mass is 10.1. The van der Waals surface area contributed by atoms with Crippen LogP contribution in [0.4, 0.5) is 0 Å². The van der Waals surface area contributed by atoms with Crippen molar-refractivity contribution in [2.75, 3.05) is 0 Å². The Hall–Kier alpha value is -1.59. The molecule has 0 aliphatic rings. The molecule has 1 aromatic carbocycles. The lowest BCUT2D eigenvalue weighted by Gasteiger charge is -2.08. The Morgan fingerprint density at radius 2 is 2.06 bits per heavy atom. The summed E-state index contributed by atoms with van der Waals surface area (Å²) in [7, 11) is 0.